The molecular formula is C28H32N2O2. The van der Waals surface area contributed by atoms with E-state index < -0.39 is 0 Å². The Morgan fingerprint density at radius 1 is 0.938 bits per heavy atom. The number of para-hydroxylation sites is 1. The van der Waals surface area contributed by atoms with Gasteiger partial charge in [-0.25, -0.2) is 0 Å². The first kappa shape index (κ1) is 22.1. The summed E-state index contributed by atoms with van der Waals surface area (Å²) in [5, 5.41) is 3.00. The zero-order chi connectivity index (χ0) is 22.7. The van der Waals surface area contributed by atoms with Crippen LogP contribution in [0.3, 0.4) is 0 Å². The van der Waals surface area contributed by atoms with E-state index in [-0.39, 0.29) is 16.9 Å². The van der Waals surface area contributed by atoms with Gasteiger partial charge in [0.15, 0.2) is 5.43 Å². The SMILES string of the molecule is Cc1ccccc1NC(=O)c1c(-c2ccccc2C)n(CC2CCCCC2)c(C)cc1=O. The molecule has 0 spiro atoms. The largest absolute Gasteiger partial charge is 0.344 e. The van der Waals surface area contributed by atoms with E-state index >= 15 is 0 Å². The molecular weight excluding hydrogens is 396 g/mol. The second-order valence-electron chi connectivity index (χ2n) is 9.07. The van der Waals surface area contributed by atoms with Crippen LogP contribution in [-0.2, 0) is 6.54 Å². The maximum Gasteiger partial charge on any atom is 0.261 e. The molecule has 1 fully saturated rings. The fourth-order valence-corrected chi connectivity index (χ4v) is 4.87. The summed E-state index contributed by atoms with van der Waals surface area (Å²) in [6, 6.07) is 17.3. The van der Waals surface area contributed by atoms with Gasteiger partial charge < -0.3 is 9.88 Å². The molecule has 4 rings (SSSR count). The van der Waals surface area contributed by atoms with Gasteiger partial charge in [-0.05, 0) is 56.7 Å². The molecule has 1 N–H and O–H groups in total. The van der Waals surface area contributed by atoms with E-state index in [2.05, 4.69) is 9.88 Å². The summed E-state index contributed by atoms with van der Waals surface area (Å²) in [6.07, 6.45) is 6.20. The normalized spacial score (nSPS) is 14.3. The number of nitrogens with one attached hydrogen (secondary N) is 1. The number of hydrogen-bond donors (Lipinski definition) is 1. The van der Waals surface area contributed by atoms with Crippen molar-refractivity contribution in [2.75, 3.05) is 5.32 Å². The molecule has 1 aliphatic carbocycles. The maximum atomic E-state index is 13.5. The standard InChI is InChI=1S/C28H32N2O2/c1-19-11-7-9-15-23(19)27-26(28(32)29-24-16-10-8-12-20(24)2)25(31)17-21(3)30(27)18-22-13-5-4-6-14-22/h7-12,15-17,22H,4-6,13-14,18H2,1-3H3,(H,29,32). The molecule has 0 saturated heterocycles. The fraction of sp³-hybridized carbons (Fsp3) is 0.357. The highest BCUT2D eigenvalue weighted by atomic mass is 16.2. The molecule has 0 bridgehead atoms. The molecule has 1 aromatic heterocycles. The number of amides is 1. The topological polar surface area (TPSA) is 51.1 Å². The minimum absolute atomic E-state index is 0.226. The highest BCUT2D eigenvalue weighted by Gasteiger charge is 2.25. The molecule has 4 heteroatoms. The minimum atomic E-state index is -0.347. The monoisotopic (exact) mass is 428 g/mol. The van der Waals surface area contributed by atoms with Gasteiger partial charge in [0, 0.05) is 29.6 Å². The summed E-state index contributed by atoms with van der Waals surface area (Å²) < 4.78 is 2.21. The Morgan fingerprint density at radius 2 is 1.59 bits per heavy atom. The van der Waals surface area contributed by atoms with Gasteiger partial charge in [0.2, 0.25) is 0 Å². The second-order valence-corrected chi connectivity index (χ2v) is 9.07. The smallest absolute Gasteiger partial charge is 0.261 e. The van der Waals surface area contributed by atoms with E-state index in [1.54, 1.807) is 6.07 Å². The van der Waals surface area contributed by atoms with Crippen molar-refractivity contribution in [3.05, 3.63) is 87.2 Å². The van der Waals surface area contributed by atoms with Gasteiger partial charge in [-0.2, -0.15) is 0 Å². The highest BCUT2D eigenvalue weighted by Crippen LogP contribution is 2.31. The molecule has 0 unspecified atom stereocenters. The number of pyridine rings is 1. The summed E-state index contributed by atoms with van der Waals surface area (Å²) in [6.45, 7) is 6.81. The summed E-state index contributed by atoms with van der Waals surface area (Å²) in [4.78, 5) is 26.8. The van der Waals surface area contributed by atoms with Crippen LogP contribution in [0.25, 0.3) is 11.3 Å². The van der Waals surface area contributed by atoms with Crippen LogP contribution in [0.4, 0.5) is 5.69 Å². The molecule has 0 radical (unpaired) electrons. The molecule has 166 valence electrons. The number of benzene rings is 2. The Balaban J connectivity index is 1.87. The van der Waals surface area contributed by atoms with Crippen LogP contribution in [-0.4, -0.2) is 10.5 Å². The number of carbonyl (C=O) groups excluding carboxylic acids is 1. The molecule has 1 amide bonds. The first-order chi connectivity index (χ1) is 15.5. The van der Waals surface area contributed by atoms with Crippen molar-refractivity contribution in [1.82, 2.24) is 4.57 Å². The molecule has 4 nitrogen and oxygen atoms in total. The first-order valence-corrected chi connectivity index (χ1v) is 11.6. The molecule has 2 aromatic carbocycles. The lowest BCUT2D eigenvalue weighted by Crippen LogP contribution is -2.28. The molecule has 0 atom stereocenters. The van der Waals surface area contributed by atoms with Crippen LogP contribution in [0.5, 0.6) is 0 Å². The second kappa shape index (κ2) is 9.56. The number of aromatic nitrogens is 1. The van der Waals surface area contributed by atoms with Crippen molar-refractivity contribution in [1.29, 1.82) is 0 Å². The van der Waals surface area contributed by atoms with Crippen LogP contribution >= 0.6 is 0 Å². The van der Waals surface area contributed by atoms with Gasteiger partial charge in [0.25, 0.3) is 5.91 Å². The summed E-state index contributed by atoms with van der Waals surface area (Å²) in [5.41, 5.74) is 5.34. The van der Waals surface area contributed by atoms with Crippen molar-refractivity contribution < 1.29 is 4.79 Å². The van der Waals surface area contributed by atoms with E-state index in [1.807, 2.05) is 69.3 Å². The Labute approximate surface area is 190 Å². The summed E-state index contributed by atoms with van der Waals surface area (Å²) in [5.74, 6) is 0.222. The third kappa shape index (κ3) is 4.55. The molecule has 3 aromatic rings. The van der Waals surface area contributed by atoms with E-state index in [1.165, 1.54) is 32.1 Å². The Bertz CT molecular complexity index is 1190. The highest BCUT2D eigenvalue weighted by molar-refractivity contribution is 6.08. The van der Waals surface area contributed by atoms with Crippen molar-refractivity contribution in [2.24, 2.45) is 5.92 Å². The number of anilines is 1. The van der Waals surface area contributed by atoms with Gasteiger partial charge in [-0.3, -0.25) is 9.59 Å². The Hall–Kier alpha value is -3.14. The number of nitrogens with zero attached hydrogens (tertiary/aromatic N) is 1. The van der Waals surface area contributed by atoms with Gasteiger partial charge >= 0.3 is 0 Å². The van der Waals surface area contributed by atoms with Crippen LogP contribution in [0.2, 0.25) is 0 Å². The van der Waals surface area contributed by atoms with Gasteiger partial charge in [0.1, 0.15) is 5.56 Å². The van der Waals surface area contributed by atoms with Crippen molar-refractivity contribution in [3.63, 3.8) is 0 Å². The van der Waals surface area contributed by atoms with Crippen molar-refractivity contribution in [3.8, 4) is 11.3 Å². The van der Waals surface area contributed by atoms with E-state index in [4.69, 9.17) is 0 Å². The molecule has 1 aliphatic rings. The van der Waals surface area contributed by atoms with Gasteiger partial charge in [-0.1, -0.05) is 61.7 Å². The maximum absolute atomic E-state index is 13.5. The first-order valence-electron chi connectivity index (χ1n) is 11.6. The van der Waals surface area contributed by atoms with Crippen LogP contribution < -0.4 is 10.7 Å². The minimum Gasteiger partial charge on any atom is -0.344 e. The van der Waals surface area contributed by atoms with Gasteiger partial charge in [0.05, 0.1) is 5.69 Å². The summed E-state index contributed by atoms with van der Waals surface area (Å²) >= 11 is 0. The van der Waals surface area contributed by atoms with Crippen LogP contribution in [0.15, 0.2) is 59.4 Å². The molecule has 32 heavy (non-hydrogen) atoms. The van der Waals surface area contributed by atoms with Crippen LogP contribution in [0.1, 0.15) is 59.3 Å². The Kier molecular flexibility index (Phi) is 6.59. The predicted octanol–water partition coefficient (Wildman–Crippen LogP) is 6.27. The predicted molar refractivity (Wildman–Crippen MR) is 131 cm³/mol. The van der Waals surface area contributed by atoms with E-state index in [0.717, 1.165) is 40.3 Å². The molecule has 0 aliphatic heterocycles. The lowest BCUT2D eigenvalue weighted by Gasteiger charge is -2.27. The lowest BCUT2D eigenvalue weighted by atomic mass is 9.88. The number of aryl methyl sites for hydroxylation is 3. The zero-order valence-electron chi connectivity index (χ0n) is 19.3. The van der Waals surface area contributed by atoms with Crippen LogP contribution in [0, 0.1) is 26.7 Å². The fourth-order valence-electron chi connectivity index (χ4n) is 4.87. The number of rotatable bonds is 5. The quantitative estimate of drug-likeness (QED) is 0.520. The third-order valence-electron chi connectivity index (χ3n) is 6.70. The zero-order valence-corrected chi connectivity index (χ0v) is 19.3. The lowest BCUT2D eigenvalue weighted by molar-refractivity contribution is 0.102. The molecule has 1 saturated carbocycles. The molecule has 1 heterocycles. The van der Waals surface area contributed by atoms with Gasteiger partial charge in [-0.15, -0.1) is 0 Å². The average Bonchev–Trinajstić information content (AvgIpc) is 2.78. The third-order valence-corrected chi connectivity index (χ3v) is 6.70. The van der Waals surface area contributed by atoms with Crippen molar-refractivity contribution in [2.45, 2.75) is 59.4 Å². The average molecular weight is 429 g/mol. The summed E-state index contributed by atoms with van der Waals surface area (Å²) in [7, 11) is 0. The van der Waals surface area contributed by atoms with E-state index in [0.29, 0.717) is 5.92 Å². The van der Waals surface area contributed by atoms with E-state index in [9.17, 15) is 9.59 Å². The number of hydrogen-bond acceptors (Lipinski definition) is 2. The van der Waals surface area contributed by atoms with Crippen molar-refractivity contribution >= 4 is 11.6 Å². The Morgan fingerprint density at radius 3 is 2.28 bits per heavy atom. The number of carbonyl (C=O) groups is 1.